The summed E-state index contributed by atoms with van der Waals surface area (Å²) in [5.41, 5.74) is 2.47. The molecule has 4 rings (SSSR count). The Morgan fingerprint density at radius 2 is 2.06 bits per heavy atom. The van der Waals surface area contributed by atoms with E-state index in [0.717, 1.165) is 41.8 Å². The maximum Gasteiger partial charge on any atom is 0.246 e. The van der Waals surface area contributed by atoms with Crippen molar-refractivity contribution in [3.05, 3.63) is 59.0 Å². The van der Waals surface area contributed by atoms with E-state index in [4.69, 9.17) is 25.5 Å². The fourth-order valence-electron chi connectivity index (χ4n) is 3.86. The first-order valence-electron chi connectivity index (χ1n) is 10.9. The number of aromatic nitrogens is 1. The van der Waals surface area contributed by atoms with Gasteiger partial charge in [0.2, 0.25) is 5.91 Å². The number of likely N-dealkylation sites (tertiary alicyclic amines) is 1. The summed E-state index contributed by atoms with van der Waals surface area (Å²) in [6.45, 7) is 3.92. The number of carbonyl (C=O) groups excluding carboxylic acids is 1. The maximum absolute atomic E-state index is 12.7. The molecular weight excluding hydrogens is 428 g/mol. The van der Waals surface area contributed by atoms with Gasteiger partial charge in [0.15, 0.2) is 23.0 Å². The van der Waals surface area contributed by atoms with Gasteiger partial charge in [-0.2, -0.15) is 0 Å². The van der Waals surface area contributed by atoms with Crippen LogP contribution in [-0.4, -0.2) is 42.6 Å². The quantitative estimate of drug-likeness (QED) is 0.428. The molecule has 2 heterocycles. The number of halogens is 1. The van der Waals surface area contributed by atoms with Crippen molar-refractivity contribution in [2.45, 2.75) is 32.1 Å². The number of ether oxygens (including phenoxy) is 2. The predicted molar refractivity (Wildman–Crippen MR) is 125 cm³/mol. The summed E-state index contributed by atoms with van der Waals surface area (Å²) < 4.78 is 17.0. The first-order valence-corrected chi connectivity index (χ1v) is 11.3. The average molecular weight is 455 g/mol. The van der Waals surface area contributed by atoms with Crippen molar-refractivity contribution in [1.82, 2.24) is 9.88 Å². The lowest BCUT2D eigenvalue weighted by atomic mass is 9.96. The highest BCUT2D eigenvalue weighted by Crippen LogP contribution is 2.37. The number of hydrogen-bond acceptors (Lipinski definition) is 5. The van der Waals surface area contributed by atoms with Gasteiger partial charge in [0.1, 0.15) is 5.52 Å². The number of para-hydroxylation sites is 2. The number of rotatable bonds is 7. The topological polar surface area (TPSA) is 64.8 Å². The molecule has 6 nitrogen and oxygen atoms in total. The summed E-state index contributed by atoms with van der Waals surface area (Å²) in [5, 5.41) is 0.462. The molecule has 1 saturated heterocycles. The van der Waals surface area contributed by atoms with E-state index in [1.54, 1.807) is 25.3 Å². The molecule has 32 heavy (non-hydrogen) atoms. The van der Waals surface area contributed by atoms with Crippen LogP contribution in [0, 0.1) is 0 Å². The Bertz CT molecular complexity index is 1080. The summed E-state index contributed by atoms with van der Waals surface area (Å²) in [6, 6.07) is 11.4. The molecule has 1 amide bonds. The fourth-order valence-corrected chi connectivity index (χ4v) is 4.14. The number of carbonyl (C=O) groups is 1. The minimum Gasteiger partial charge on any atom is -0.493 e. The standard InChI is InChI=1S/C25H27ClN2O4/c1-3-14-31-24-19(26)15-17(16-22(24)30-2)8-9-23(29)28-12-10-18(11-13-28)25-27-20-6-4-5-7-21(20)32-25/h4-9,15-16,18H,3,10-14H2,1-2H3/b9-8+. The Kier molecular flexibility index (Phi) is 7.00. The van der Waals surface area contributed by atoms with E-state index in [2.05, 4.69) is 4.98 Å². The zero-order valence-electron chi connectivity index (χ0n) is 18.3. The average Bonchev–Trinajstić information content (AvgIpc) is 3.26. The molecule has 1 aromatic heterocycles. The van der Waals surface area contributed by atoms with E-state index in [9.17, 15) is 4.79 Å². The van der Waals surface area contributed by atoms with Gasteiger partial charge < -0.3 is 18.8 Å². The van der Waals surface area contributed by atoms with Crippen LogP contribution in [0.15, 0.2) is 46.9 Å². The van der Waals surface area contributed by atoms with Crippen LogP contribution in [0.5, 0.6) is 11.5 Å². The van der Waals surface area contributed by atoms with E-state index >= 15 is 0 Å². The van der Waals surface area contributed by atoms with Crippen molar-refractivity contribution in [1.29, 1.82) is 0 Å². The number of oxazole rings is 1. The largest absolute Gasteiger partial charge is 0.493 e. The lowest BCUT2D eigenvalue weighted by molar-refractivity contribution is -0.127. The zero-order valence-corrected chi connectivity index (χ0v) is 19.1. The zero-order chi connectivity index (χ0) is 22.5. The number of nitrogens with zero attached hydrogens (tertiary/aromatic N) is 2. The number of amides is 1. The Morgan fingerprint density at radius 3 is 2.78 bits per heavy atom. The fraction of sp³-hybridized carbons (Fsp3) is 0.360. The number of methoxy groups -OCH3 is 1. The second-order valence-electron chi connectivity index (χ2n) is 7.84. The lowest BCUT2D eigenvalue weighted by Crippen LogP contribution is -2.36. The molecule has 0 saturated carbocycles. The van der Waals surface area contributed by atoms with Crippen LogP contribution < -0.4 is 9.47 Å². The van der Waals surface area contributed by atoms with Crippen LogP contribution in [0.2, 0.25) is 5.02 Å². The van der Waals surface area contributed by atoms with Crippen molar-refractivity contribution in [2.24, 2.45) is 0 Å². The normalized spacial score (nSPS) is 14.9. The minimum absolute atomic E-state index is 0.0255. The Labute approximate surface area is 192 Å². The Morgan fingerprint density at radius 1 is 1.28 bits per heavy atom. The molecular formula is C25H27ClN2O4. The van der Waals surface area contributed by atoms with Crippen LogP contribution >= 0.6 is 11.6 Å². The molecule has 0 aliphatic carbocycles. The van der Waals surface area contributed by atoms with Crippen molar-refractivity contribution in [2.75, 3.05) is 26.8 Å². The lowest BCUT2D eigenvalue weighted by Gasteiger charge is -2.29. The SMILES string of the molecule is CCCOc1c(Cl)cc(/C=C/C(=O)N2CCC(c3nc4ccccc4o3)CC2)cc1OC. The van der Waals surface area contributed by atoms with Crippen LogP contribution in [0.4, 0.5) is 0 Å². The van der Waals surface area contributed by atoms with Crippen LogP contribution in [-0.2, 0) is 4.79 Å². The highest BCUT2D eigenvalue weighted by molar-refractivity contribution is 6.32. The summed E-state index contributed by atoms with van der Waals surface area (Å²) in [5.74, 6) is 2.05. The van der Waals surface area contributed by atoms with E-state index in [-0.39, 0.29) is 11.8 Å². The Hall–Kier alpha value is -2.99. The van der Waals surface area contributed by atoms with Gasteiger partial charge in [-0.25, -0.2) is 4.98 Å². The first kappa shape index (κ1) is 22.2. The second-order valence-corrected chi connectivity index (χ2v) is 8.24. The van der Waals surface area contributed by atoms with Gasteiger partial charge >= 0.3 is 0 Å². The molecule has 7 heteroatoms. The summed E-state index contributed by atoms with van der Waals surface area (Å²) in [7, 11) is 1.57. The Balaban J connectivity index is 1.37. The van der Waals surface area contributed by atoms with E-state index < -0.39 is 0 Å². The van der Waals surface area contributed by atoms with Gasteiger partial charge in [-0.3, -0.25) is 4.79 Å². The molecule has 0 bridgehead atoms. The van der Waals surface area contributed by atoms with Crippen LogP contribution in [0.3, 0.4) is 0 Å². The van der Waals surface area contributed by atoms with Crippen LogP contribution in [0.25, 0.3) is 17.2 Å². The molecule has 0 spiro atoms. The third-order valence-corrected chi connectivity index (χ3v) is 5.87. The number of fused-ring (bicyclic) bond motifs is 1. The van der Waals surface area contributed by atoms with Crippen LogP contribution in [0.1, 0.15) is 43.6 Å². The highest BCUT2D eigenvalue weighted by Gasteiger charge is 2.26. The third-order valence-electron chi connectivity index (χ3n) is 5.59. The van der Waals surface area contributed by atoms with Crippen molar-refractivity contribution < 1.29 is 18.7 Å². The smallest absolute Gasteiger partial charge is 0.246 e. The van der Waals surface area contributed by atoms with Gasteiger partial charge in [-0.05, 0) is 55.2 Å². The van der Waals surface area contributed by atoms with Crippen molar-refractivity contribution in [3.63, 3.8) is 0 Å². The minimum atomic E-state index is -0.0255. The molecule has 1 aliphatic heterocycles. The molecule has 0 radical (unpaired) electrons. The van der Waals surface area contributed by atoms with Crippen molar-refractivity contribution >= 4 is 34.7 Å². The first-order chi connectivity index (χ1) is 15.6. The summed E-state index contributed by atoms with van der Waals surface area (Å²) >= 11 is 6.37. The van der Waals surface area contributed by atoms with Crippen molar-refractivity contribution in [3.8, 4) is 11.5 Å². The van der Waals surface area contributed by atoms with Gasteiger partial charge in [0.25, 0.3) is 0 Å². The highest BCUT2D eigenvalue weighted by atomic mass is 35.5. The van der Waals surface area contributed by atoms with Gasteiger partial charge in [0.05, 0.1) is 18.7 Å². The molecule has 1 aliphatic rings. The van der Waals surface area contributed by atoms with Gasteiger partial charge in [-0.1, -0.05) is 30.7 Å². The molecule has 168 valence electrons. The molecule has 1 fully saturated rings. The predicted octanol–water partition coefficient (Wildman–Crippen LogP) is 5.70. The maximum atomic E-state index is 12.7. The number of piperidine rings is 1. The van der Waals surface area contributed by atoms with Gasteiger partial charge in [-0.15, -0.1) is 0 Å². The third kappa shape index (κ3) is 4.91. The summed E-state index contributed by atoms with van der Waals surface area (Å²) in [6.07, 6.45) is 5.87. The van der Waals surface area contributed by atoms with Gasteiger partial charge in [0, 0.05) is 25.1 Å². The molecule has 0 atom stereocenters. The summed E-state index contributed by atoms with van der Waals surface area (Å²) in [4.78, 5) is 19.2. The number of benzene rings is 2. The molecule has 0 unspecified atom stereocenters. The van der Waals surface area contributed by atoms with E-state index in [1.807, 2.05) is 42.2 Å². The van der Waals surface area contributed by atoms with E-state index in [1.165, 1.54) is 0 Å². The molecule has 2 aromatic carbocycles. The molecule has 3 aromatic rings. The van der Waals surface area contributed by atoms with E-state index in [0.29, 0.717) is 36.2 Å². The monoisotopic (exact) mass is 454 g/mol. The second kappa shape index (κ2) is 10.1. The molecule has 0 N–H and O–H groups in total. The number of hydrogen-bond donors (Lipinski definition) is 0.